The number of amides is 1. The Balaban J connectivity index is 3.09. The van der Waals surface area contributed by atoms with E-state index >= 15 is 0 Å². The predicted octanol–water partition coefficient (Wildman–Crippen LogP) is 0.848. The normalized spacial score (nSPS) is 9.75. The number of carbonyl (C=O) groups excluding carboxylic acids is 2. The van der Waals surface area contributed by atoms with Crippen LogP contribution in [0.15, 0.2) is 18.2 Å². The number of nitro groups is 1. The van der Waals surface area contributed by atoms with Crippen LogP contribution in [0.3, 0.4) is 0 Å². The highest BCUT2D eigenvalue weighted by Gasteiger charge is 2.21. The van der Waals surface area contributed by atoms with Crippen LogP contribution in [0, 0.1) is 10.1 Å². The molecule has 8 nitrogen and oxygen atoms in total. The minimum absolute atomic E-state index is 0.00750. The number of hydrogen-bond donors (Lipinski definition) is 0. The van der Waals surface area contributed by atoms with Crippen molar-refractivity contribution >= 4 is 17.6 Å². The van der Waals surface area contributed by atoms with E-state index in [1.54, 1.807) is 0 Å². The van der Waals surface area contributed by atoms with Crippen molar-refractivity contribution in [3.63, 3.8) is 0 Å². The Bertz CT molecular complexity index is 543. The number of carbonyl (C=O) groups is 2. The molecule has 0 N–H and O–H groups in total. The maximum atomic E-state index is 12.2. The highest BCUT2D eigenvalue weighted by molar-refractivity contribution is 5.98. The van der Waals surface area contributed by atoms with Gasteiger partial charge in [0.1, 0.15) is 12.3 Å². The smallest absolute Gasteiger partial charge is 0.325 e. The highest BCUT2D eigenvalue weighted by atomic mass is 16.6. The maximum Gasteiger partial charge on any atom is 0.325 e. The fraction of sp³-hybridized carbons (Fsp3) is 0.333. The van der Waals surface area contributed by atoms with Gasteiger partial charge in [0.2, 0.25) is 0 Å². The third-order valence-electron chi connectivity index (χ3n) is 2.56. The first kappa shape index (κ1) is 15.4. The molecule has 0 aliphatic rings. The predicted molar refractivity (Wildman–Crippen MR) is 68.6 cm³/mol. The van der Waals surface area contributed by atoms with Crippen molar-refractivity contribution in [2.24, 2.45) is 0 Å². The fourth-order valence-electron chi connectivity index (χ4n) is 1.51. The van der Waals surface area contributed by atoms with E-state index in [9.17, 15) is 19.7 Å². The molecule has 0 saturated carbocycles. The standard InChI is InChI=1S/C12H14N2O6/c1-13(7-11(15)20-3)12(16)9-6-8(14(17)18)4-5-10(9)19-2/h4-6H,7H2,1-3H3. The number of nitrogens with zero attached hydrogens (tertiary/aromatic N) is 2. The van der Waals surface area contributed by atoms with Gasteiger partial charge in [0.15, 0.2) is 0 Å². The van der Waals surface area contributed by atoms with Crippen molar-refractivity contribution in [3.05, 3.63) is 33.9 Å². The molecular formula is C12H14N2O6. The quantitative estimate of drug-likeness (QED) is 0.451. The molecule has 108 valence electrons. The van der Waals surface area contributed by atoms with Crippen LogP contribution in [0.25, 0.3) is 0 Å². The average Bonchev–Trinajstić information content (AvgIpc) is 2.45. The molecule has 0 radical (unpaired) electrons. The lowest BCUT2D eigenvalue weighted by molar-refractivity contribution is -0.384. The molecule has 0 unspecified atom stereocenters. The van der Waals surface area contributed by atoms with Crippen molar-refractivity contribution < 1.29 is 24.0 Å². The van der Waals surface area contributed by atoms with Crippen LogP contribution in [0.2, 0.25) is 0 Å². The molecule has 0 atom stereocenters. The number of rotatable bonds is 5. The molecule has 0 aromatic heterocycles. The molecule has 1 aromatic rings. The van der Waals surface area contributed by atoms with Gasteiger partial charge in [0.25, 0.3) is 11.6 Å². The molecule has 1 aromatic carbocycles. The van der Waals surface area contributed by atoms with Gasteiger partial charge in [-0.3, -0.25) is 19.7 Å². The zero-order chi connectivity index (χ0) is 15.3. The van der Waals surface area contributed by atoms with E-state index in [-0.39, 0.29) is 23.5 Å². The second-order valence-electron chi connectivity index (χ2n) is 3.88. The number of likely N-dealkylation sites (N-methyl/N-ethyl adjacent to an activating group) is 1. The molecule has 8 heteroatoms. The minimum atomic E-state index is -0.615. The Labute approximate surface area is 115 Å². The first-order valence-electron chi connectivity index (χ1n) is 5.55. The van der Waals surface area contributed by atoms with Crippen molar-refractivity contribution in [3.8, 4) is 5.75 Å². The van der Waals surface area contributed by atoms with Gasteiger partial charge in [-0.25, -0.2) is 0 Å². The topological polar surface area (TPSA) is 99.0 Å². The second-order valence-corrected chi connectivity index (χ2v) is 3.88. The highest BCUT2D eigenvalue weighted by Crippen LogP contribution is 2.25. The Morgan fingerprint density at radius 2 is 2.00 bits per heavy atom. The van der Waals surface area contributed by atoms with Gasteiger partial charge in [0, 0.05) is 19.2 Å². The van der Waals surface area contributed by atoms with E-state index in [4.69, 9.17) is 4.74 Å². The van der Waals surface area contributed by atoms with Gasteiger partial charge in [-0.05, 0) is 6.07 Å². The number of methoxy groups -OCH3 is 2. The lowest BCUT2D eigenvalue weighted by Gasteiger charge is -2.17. The van der Waals surface area contributed by atoms with Crippen LogP contribution >= 0.6 is 0 Å². The van der Waals surface area contributed by atoms with Crippen LogP contribution in [0.5, 0.6) is 5.75 Å². The third-order valence-corrected chi connectivity index (χ3v) is 2.56. The van der Waals surface area contributed by atoms with E-state index in [1.165, 1.54) is 33.4 Å². The van der Waals surface area contributed by atoms with Gasteiger partial charge in [-0.15, -0.1) is 0 Å². The number of esters is 1. The molecule has 0 fully saturated rings. The van der Waals surface area contributed by atoms with Crippen LogP contribution < -0.4 is 4.74 Å². The van der Waals surface area contributed by atoms with Crippen LogP contribution in [-0.4, -0.2) is 49.5 Å². The van der Waals surface area contributed by atoms with E-state index in [2.05, 4.69) is 4.74 Å². The number of nitro benzene ring substituents is 1. The molecule has 0 aliphatic carbocycles. The first-order valence-corrected chi connectivity index (χ1v) is 5.55. The lowest BCUT2D eigenvalue weighted by atomic mass is 10.1. The van der Waals surface area contributed by atoms with E-state index in [1.807, 2.05) is 0 Å². The van der Waals surface area contributed by atoms with E-state index in [0.29, 0.717) is 0 Å². The maximum absolute atomic E-state index is 12.2. The minimum Gasteiger partial charge on any atom is -0.496 e. The van der Waals surface area contributed by atoms with Gasteiger partial charge in [-0.1, -0.05) is 0 Å². The van der Waals surface area contributed by atoms with Crippen molar-refractivity contribution in [2.75, 3.05) is 27.8 Å². The number of hydrogen-bond acceptors (Lipinski definition) is 6. The SMILES string of the molecule is COC(=O)CN(C)C(=O)c1cc([N+](=O)[O-])ccc1OC. The van der Waals surface area contributed by atoms with Crippen LogP contribution in [0.4, 0.5) is 5.69 Å². The zero-order valence-electron chi connectivity index (χ0n) is 11.3. The zero-order valence-corrected chi connectivity index (χ0v) is 11.3. The summed E-state index contributed by atoms with van der Waals surface area (Å²) in [5.74, 6) is -0.974. The van der Waals surface area contributed by atoms with Crippen molar-refractivity contribution in [1.82, 2.24) is 4.90 Å². The van der Waals surface area contributed by atoms with Crippen molar-refractivity contribution in [1.29, 1.82) is 0 Å². The van der Waals surface area contributed by atoms with Gasteiger partial charge in [-0.2, -0.15) is 0 Å². The van der Waals surface area contributed by atoms with Gasteiger partial charge >= 0.3 is 5.97 Å². The summed E-state index contributed by atoms with van der Waals surface area (Å²) in [6.45, 7) is -0.263. The fourth-order valence-corrected chi connectivity index (χ4v) is 1.51. The Hall–Kier alpha value is -2.64. The Kier molecular flexibility index (Phi) is 5.01. The molecular weight excluding hydrogens is 268 g/mol. The summed E-state index contributed by atoms with van der Waals surface area (Å²) in [4.78, 5) is 34.5. The van der Waals surface area contributed by atoms with E-state index < -0.39 is 16.8 Å². The molecule has 0 bridgehead atoms. The van der Waals surface area contributed by atoms with Gasteiger partial charge in [0.05, 0.1) is 24.7 Å². The van der Waals surface area contributed by atoms with Crippen LogP contribution in [0.1, 0.15) is 10.4 Å². The molecule has 1 amide bonds. The Morgan fingerprint density at radius 3 is 2.50 bits per heavy atom. The molecule has 0 saturated heterocycles. The molecule has 0 aliphatic heterocycles. The summed E-state index contributed by atoms with van der Waals surface area (Å²) < 4.78 is 9.45. The summed E-state index contributed by atoms with van der Waals surface area (Å²) >= 11 is 0. The summed E-state index contributed by atoms with van der Waals surface area (Å²) in [5, 5.41) is 10.7. The largest absolute Gasteiger partial charge is 0.496 e. The summed E-state index contributed by atoms with van der Waals surface area (Å²) in [6.07, 6.45) is 0. The van der Waals surface area contributed by atoms with Gasteiger partial charge < -0.3 is 14.4 Å². The Morgan fingerprint density at radius 1 is 1.35 bits per heavy atom. The number of ether oxygens (including phenoxy) is 2. The molecule has 1 rings (SSSR count). The summed E-state index contributed by atoms with van der Waals surface area (Å²) in [5.41, 5.74) is -0.228. The molecule has 0 spiro atoms. The average molecular weight is 282 g/mol. The third kappa shape index (κ3) is 3.44. The number of benzene rings is 1. The second kappa shape index (κ2) is 6.50. The van der Waals surface area contributed by atoms with Crippen LogP contribution in [-0.2, 0) is 9.53 Å². The molecule has 0 heterocycles. The summed E-state index contributed by atoms with van der Waals surface area (Å²) in [7, 11) is 3.93. The molecule has 20 heavy (non-hydrogen) atoms. The van der Waals surface area contributed by atoms with Crippen molar-refractivity contribution in [2.45, 2.75) is 0 Å². The monoisotopic (exact) mass is 282 g/mol. The lowest BCUT2D eigenvalue weighted by Crippen LogP contribution is -2.32. The van der Waals surface area contributed by atoms with E-state index in [0.717, 1.165) is 11.0 Å². The summed E-state index contributed by atoms with van der Waals surface area (Å²) in [6, 6.07) is 3.67. The first-order chi connectivity index (χ1) is 9.40. The number of non-ortho nitro benzene ring substituents is 1.